The van der Waals surface area contributed by atoms with Crippen molar-refractivity contribution in [2.45, 2.75) is 19.4 Å². The zero-order chi connectivity index (χ0) is 22.4. The van der Waals surface area contributed by atoms with E-state index < -0.39 is 23.8 Å². The van der Waals surface area contributed by atoms with Gasteiger partial charge in [-0.25, -0.2) is 4.79 Å². The van der Waals surface area contributed by atoms with Gasteiger partial charge in [0.1, 0.15) is 6.04 Å². The van der Waals surface area contributed by atoms with E-state index in [4.69, 9.17) is 4.74 Å². The molecule has 0 fully saturated rings. The first-order valence-electron chi connectivity index (χ1n) is 10.2. The molecule has 0 radical (unpaired) electrons. The lowest BCUT2D eigenvalue weighted by atomic mass is 10.0. The quantitative estimate of drug-likeness (QED) is 0.435. The van der Waals surface area contributed by atoms with Crippen LogP contribution in [-0.2, 0) is 16.0 Å². The second-order valence-corrected chi connectivity index (χ2v) is 7.10. The number of carbonyl (C=O) groups is 3. The molecule has 2 amide bonds. The van der Waals surface area contributed by atoms with Gasteiger partial charge >= 0.3 is 5.97 Å². The van der Waals surface area contributed by atoms with Crippen molar-refractivity contribution < 1.29 is 29.3 Å². The second kappa shape index (κ2) is 10.2. The number of esters is 1. The Labute approximate surface area is 180 Å². The van der Waals surface area contributed by atoms with Crippen molar-refractivity contribution in [3.63, 3.8) is 0 Å². The first kappa shape index (κ1) is 22.5. The number of imide groups is 1. The zero-order valence-corrected chi connectivity index (χ0v) is 17.4. The summed E-state index contributed by atoms with van der Waals surface area (Å²) in [7, 11) is 0. The van der Waals surface area contributed by atoms with Crippen LogP contribution in [0.25, 0.3) is 0 Å². The Kier molecular flexibility index (Phi) is 7.38. The molecule has 8 heteroatoms. The average molecular weight is 426 g/mol. The molecule has 8 nitrogen and oxygen atoms in total. The summed E-state index contributed by atoms with van der Waals surface area (Å²) in [5, 5.41) is 18.4. The fourth-order valence-corrected chi connectivity index (χ4v) is 3.69. The minimum Gasteiger partial charge on any atom is -0.464 e. The van der Waals surface area contributed by atoms with Crippen molar-refractivity contribution in [3.05, 3.63) is 65.2 Å². The fourth-order valence-electron chi connectivity index (χ4n) is 3.69. The molecule has 2 N–H and O–H groups in total. The maximum atomic E-state index is 12.9. The van der Waals surface area contributed by atoms with Crippen molar-refractivity contribution in [1.29, 1.82) is 0 Å². The van der Waals surface area contributed by atoms with Crippen LogP contribution in [0.2, 0.25) is 0 Å². The van der Waals surface area contributed by atoms with Gasteiger partial charge < -0.3 is 19.8 Å². The van der Waals surface area contributed by atoms with Crippen molar-refractivity contribution in [3.8, 4) is 0 Å². The van der Waals surface area contributed by atoms with Crippen LogP contribution in [-0.4, -0.2) is 71.8 Å². The fraction of sp³-hybridized carbons (Fsp3) is 0.348. The Morgan fingerprint density at radius 3 is 2.00 bits per heavy atom. The van der Waals surface area contributed by atoms with Gasteiger partial charge in [-0.15, -0.1) is 0 Å². The van der Waals surface area contributed by atoms with E-state index in [9.17, 15) is 24.6 Å². The van der Waals surface area contributed by atoms with Crippen LogP contribution in [0.1, 0.15) is 33.2 Å². The molecule has 1 unspecified atom stereocenters. The Bertz CT molecular complexity index is 902. The van der Waals surface area contributed by atoms with Crippen molar-refractivity contribution in [2.75, 3.05) is 37.8 Å². The van der Waals surface area contributed by atoms with Crippen LogP contribution in [0.15, 0.2) is 48.5 Å². The third-order valence-corrected chi connectivity index (χ3v) is 5.17. The van der Waals surface area contributed by atoms with Crippen LogP contribution in [0.4, 0.5) is 5.69 Å². The number of ether oxygens (including phenoxy) is 1. The number of aliphatic hydroxyl groups is 2. The Morgan fingerprint density at radius 1 is 0.968 bits per heavy atom. The number of amides is 2. The molecule has 1 aliphatic rings. The molecular formula is C23H26N2O6. The molecule has 164 valence electrons. The molecule has 0 aromatic heterocycles. The lowest BCUT2D eigenvalue weighted by Crippen LogP contribution is -2.47. The van der Waals surface area contributed by atoms with Crippen LogP contribution < -0.4 is 4.90 Å². The molecule has 0 saturated heterocycles. The Balaban J connectivity index is 1.85. The standard InChI is InChI=1S/C23H26N2O6/c1-2-31-23(30)20(25-21(28)18-5-3-4-6-19(18)22(25)29)15-16-7-9-17(10-8-16)24(11-13-26)12-14-27/h3-10,20,26-27H,2,11-15H2,1H3. The number of aliphatic hydroxyl groups excluding tert-OH is 2. The summed E-state index contributed by atoms with van der Waals surface area (Å²) >= 11 is 0. The monoisotopic (exact) mass is 426 g/mol. The lowest BCUT2D eigenvalue weighted by molar-refractivity contribution is -0.147. The summed E-state index contributed by atoms with van der Waals surface area (Å²) in [4.78, 5) is 41.3. The molecule has 1 atom stereocenters. The topological polar surface area (TPSA) is 107 Å². The van der Waals surface area contributed by atoms with Crippen molar-refractivity contribution >= 4 is 23.5 Å². The minimum atomic E-state index is -1.08. The van der Waals surface area contributed by atoms with Gasteiger partial charge in [0.15, 0.2) is 0 Å². The highest BCUT2D eigenvalue weighted by molar-refractivity contribution is 6.22. The lowest BCUT2D eigenvalue weighted by Gasteiger charge is -2.25. The molecule has 1 heterocycles. The van der Waals surface area contributed by atoms with Gasteiger partial charge in [-0.05, 0) is 36.8 Å². The normalized spacial score (nSPS) is 13.8. The second-order valence-electron chi connectivity index (χ2n) is 7.10. The smallest absolute Gasteiger partial charge is 0.329 e. The highest BCUT2D eigenvalue weighted by Crippen LogP contribution is 2.27. The van der Waals surface area contributed by atoms with Crippen molar-refractivity contribution in [1.82, 2.24) is 4.90 Å². The molecule has 0 bridgehead atoms. The molecule has 3 rings (SSSR count). The first-order valence-corrected chi connectivity index (χ1v) is 10.2. The Hall–Kier alpha value is -3.23. The van der Waals surface area contributed by atoms with Gasteiger partial charge in [0, 0.05) is 25.2 Å². The van der Waals surface area contributed by atoms with Gasteiger partial charge in [-0.1, -0.05) is 24.3 Å². The van der Waals surface area contributed by atoms with E-state index in [1.807, 2.05) is 17.0 Å². The summed E-state index contributed by atoms with van der Waals surface area (Å²) in [5.74, 6) is -1.65. The van der Waals surface area contributed by atoms with Crippen molar-refractivity contribution in [2.24, 2.45) is 0 Å². The summed E-state index contributed by atoms with van der Waals surface area (Å²) < 4.78 is 5.16. The molecule has 0 saturated carbocycles. The third kappa shape index (κ3) is 4.76. The molecule has 2 aromatic rings. The number of hydrogen-bond acceptors (Lipinski definition) is 7. The third-order valence-electron chi connectivity index (χ3n) is 5.17. The number of hydrogen-bond donors (Lipinski definition) is 2. The van der Waals surface area contributed by atoms with Gasteiger partial charge in [0.25, 0.3) is 11.8 Å². The Morgan fingerprint density at radius 2 is 1.52 bits per heavy atom. The number of fused-ring (bicyclic) bond motifs is 1. The van der Waals surface area contributed by atoms with Crippen LogP contribution in [0, 0.1) is 0 Å². The van der Waals surface area contributed by atoms with E-state index in [1.54, 1.807) is 43.3 Å². The summed E-state index contributed by atoms with van der Waals surface area (Å²) in [5.41, 5.74) is 2.10. The SMILES string of the molecule is CCOC(=O)C(Cc1ccc(N(CCO)CCO)cc1)N1C(=O)c2ccccc2C1=O. The molecule has 31 heavy (non-hydrogen) atoms. The number of rotatable bonds is 10. The highest BCUT2D eigenvalue weighted by atomic mass is 16.5. The van der Waals surface area contributed by atoms with Gasteiger partial charge in [0.05, 0.1) is 30.9 Å². The predicted octanol–water partition coefficient (Wildman–Crippen LogP) is 1.25. The maximum Gasteiger partial charge on any atom is 0.329 e. The zero-order valence-electron chi connectivity index (χ0n) is 17.4. The molecule has 0 aliphatic carbocycles. The van der Waals surface area contributed by atoms with Gasteiger partial charge in [0.2, 0.25) is 0 Å². The number of carbonyl (C=O) groups excluding carboxylic acids is 3. The largest absolute Gasteiger partial charge is 0.464 e. The summed E-state index contributed by atoms with van der Waals surface area (Å²) in [6, 6.07) is 12.6. The van der Waals surface area contributed by atoms with Crippen LogP contribution in [0.5, 0.6) is 0 Å². The predicted molar refractivity (Wildman–Crippen MR) is 114 cm³/mol. The van der Waals surface area contributed by atoms with E-state index >= 15 is 0 Å². The van der Waals surface area contributed by atoms with E-state index in [1.165, 1.54) is 0 Å². The van der Waals surface area contributed by atoms with E-state index in [0.717, 1.165) is 16.2 Å². The van der Waals surface area contributed by atoms with Crippen LogP contribution in [0.3, 0.4) is 0 Å². The van der Waals surface area contributed by atoms with E-state index in [0.29, 0.717) is 13.1 Å². The number of benzene rings is 2. The van der Waals surface area contributed by atoms with Gasteiger partial charge in [-0.2, -0.15) is 0 Å². The van der Waals surface area contributed by atoms with Gasteiger partial charge in [-0.3, -0.25) is 14.5 Å². The molecular weight excluding hydrogens is 400 g/mol. The number of nitrogens with zero attached hydrogens (tertiary/aromatic N) is 2. The highest BCUT2D eigenvalue weighted by Gasteiger charge is 2.43. The minimum absolute atomic E-state index is 0.0492. The first-order chi connectivity index (χ1) is 15.0. The van der Waals surface area contributed by atoms with E-state index in [-0.39, 0.29) is 37.4 Å². The average Bonchev–Trinajstić information content (AvgIpc) is 3.03. The maximum absolute atomic E-state index is 12.9. The molecule has 2 aromatic carbocycles. The summed E-state index contributed by atoms with van der Waals surface area (Å²) in [6.45, 7) is 2.46. The van der Waals surface area contributed by atoms with Crippen LogP contribution >= 0.6 is 0 Å². The number of anilines is 1. The molecule has 1 aliphatic heterocycles. The molecule has 0 spiro atoms. The van der Waals surface area contributed by atoms with E-state index in [2.05, 4.69) is 0 Å². The summed E-state index contributed by atoms with van der Waals surface area (Å²) in [6.07, 6.45) is 0.116.